The first-order chi connectivity index (χ1) is 11.7. The number of hydrogen-bond acceptors (Lipinski definition) is 3. The normalized spacial score (nSPS) is 28.8. The summed E-state index contributed by atoms with van der Waals surface area (Å²) in [6.45, 7) is 7.88. The summed E-state index contributed by atoms with van der Waals surface area (Å²) in [6, 6.07) is 9.09. The number of hydrogen-bond donors (Lipinski definition) is 1. The highest BCUT2D eigenvalue weighted by molar-refractivity contribution is 5.22. The Morgan fingerprint density at radius 1 is 1.12 bits per heavy atom. The van der Waals surface area contributed by atoms with Gasteiger partial charge in [-0.3, -0.25) is 4.90 Å². The van der Waals surface area contributed by atoms with Crippen LogP contribution >= 0.6 is 0 Å². The number of piperidine rings is 1. The monoisotopic (exact) mass is 331 g/mol. The van der Waals surface area contributed by atoms with Crippen molar-refractivity contribution in [2.24, 2.45) is 5.92 Å². The van der Waals surface area contributed by atoms with Gasteiger partial charge in [-0.05, 0) is 69.3 Å². The SMILES string of the molecule is C[C@H]1CNCCN1[C@@H](c1cccc(F)c1)C1CCN(C2CC2)CC1. The molecule has 0 amide bonds. The highest BCUT2D eigenvalue weighted by atomic mass is 19.1. The van der Waals surface area contributed by atoms with Crippen molar-refractivity contribution in [2.45, 2.75) is 50.7 Å². The van der Waals surface area contributed by atoms with Gasteiger partial charge in [-0.25, -0.2) is 4.39 Å². The fourth-order valence-corrected chi connectivity index (χ4v) is 4.73. The Bertz CT molecular complexity index is 552. The summed E-state index contributed by atoms with van der Waals surface area (Å²) in [5.74, 6) is 0.540. The van der Waals surface area contributed by atoms with E-state index < -0.39 is 0 Å². The summed E-state index contributed by atoms with van der Waals surface area (Å²) in [6.07, 6.45) is 5.28. The first-order valence-corrected chi connectivity index (χ1v) is 9.68. The second kappa shape index (κ2) is 7.11. The molecule has 0 spiro atoms. The molecule has 1 N–H and O–H groups in total. The molecular weight excluding hydrogens is 301 g/mol. The molecule has 2 atom stereocenters. The lowest BCUT2D eigenvalue weighted by Crippen LogP contribution is -2.53. The number of nitrogens with one attached hydrogen (secondary N) is 1. The van der Waals surface area contributed by atoms with Gasteiger partial charge < -0.3 is 10.2 Å². The number of nitrogens with zero attached hydrogens (tertiary/aromatic N) is 2. The number of piperazine rings is 1. The van der Waals surface area contributed by atoms with E-state index in [9.17, 15) is 4.39 Å². The van der Waals surface area contributed by atoms with Crippen LogP contribution in [0.1, 0.15) is 44.2 Å². The zero-order chi connectivity index (χ0) is 16.5. The summed E-state index contributed by atoms with van der Waals surface area (Å²) in [5.41, 5.74) is 1.17. The smallest absolute Gasteiger partial charge is 0.123 e. The average Bonchev–Trinajstić information content (AvgIpc) is 3.43. The number of rotatable bonds is 4. The Morgan fingerprint density at radius 2 is 1.92 bits per heavy atom. The Balaban J connectivity index is 1.55. The molecule has 3 nitrogen and oxygen atoms in total. The molecule has 1 aliphatic carbocycles. The van der Waals surface area contributed by atoms with Crippen LogP contribution in [0.4, 0.5) is 4.39 Å². The number of halogens is 1. The first-order valence-electron chi connectivity index (χ1n) is 9.68. The molecule has 1 aromatic rings. The molecule has 0 aromatic heterocycles. The molecule has 4 rings (SSSR count). The molecule has 3 fully saturated rings. The van der Waals surface area contributed by atoms with Crippen LogP contribution < -0.4 is 5.32 Å². The highest BCUT2D eigenvalue weighted by Crippen LogP contribution is 2.39. The van der Waals surface area contributed by atoms with Gasteiger partial charge in [-0.2, -0.15) is 0 Å². The quantitative estimate of drug-likeness (QED) is 0.915. The van der Waals surface area contributed by atoms with Crippen molar-refractivity contribution >= 4 is 0 Å². The van der Waals surface area contributed by atoms with Gasteiger partial charge in [-0.15, -0.1) is 0 Å². The fraction of sp³-hybridized carbons (Fsp3) is 0.700. The predicted octanol–water partition coefficient (Wildman–Crippen LogP) is 3.03. The predicted molar refractivity (Wildman–Crippen MR) is 95.5 cm³/mol. The maximum atomic E-state index is 13.9. The largest absolute Gasteiger partial charge is 0.314 e. The molecule has 2 aliphatic heterocycles. The van der Waals surface area contributed by atoms with Crippen molar-refractivity contribution < 1.29 is 4.39 Å². The molecule has 1 aromatic carbocycles. The van der Waals surface area contributed by atoms with E-state index in [1.54, 1.807) is 12.1 Å². The lowest BCUT2D eigenvalue weighted by Gasteiger charge is -2.46. The molecule has 1 saturated carbocycles. The van der Waals surface area contributed by atoms with E-state index in [-0.39, 0.29) is 5.82 Å². The zero-order valence-electron chi connectivity index (χ0n) is 14.8. The molecule has 0 unspecified atom stereocenters. The van der Waals surface area contributed by atoms with E-state index in [1.165, 1.54) is 44.3 Å². The van der Waals surface area contributed by atoms with Crippen molar-refractivity contribution in [3.05, 3.63) is 35.6 Å². The van der Waals surface area contributed by atoms with Gasteiger partial charge in [0, 0.05) is 37.8 Å². The molecule has 0 bridgehead atoms. The van der Waals surface area contributed by atoms with E-state index in [4.69, 9.17) is 0 Å². The average molecular weight is 331 g/mol. The summed E-state index contributed by atoms with van der Waals surface area (Å²) in [5, 5.41) is 3.49. The molecule has 4 heteroatoms. The van der Waals surface area contributed by atoms with Gasteiger partial charge in [0.05, 0.1) is 0 Å². The van der Waals surface area contributed by atoms with Gasteiger partial charge in [0.25, 0.3) is 0 Å². The topological polar surface area (TPSA) is 18.5 Å². The minimum atomic E-state index is -0.101. The molecule has 132 valence electrons. The Hall–Kier alpha value is -0.970. The van der Waals surface area contributed by atoms with Crippen LogP contribution in [0, 0.1) is 11.7 Å². The summed E-state index contributed by atoms with van der Waals surface area (Å²) < 4.78 is 13.9. The zero-order valence-corrected chi connectivity index (χ0v) is 14.8. The van der Waals surface area contributed by atoms with E-state index in [2.05, 4.69) is 28.1 Å². The lowest BCUT2D eigenvalue weighted by molar-refractivity contribution is 0.0458. The molecular formula is C20H30FN3. The van der Waals surface area contributed by atoms with Crippen molar-refractivity contribution in [1.29, 1.82) is 0 Å². The molecule has 3 aliphatic rings. The standard InChI is InChI=1S/C20H30FN3/c1-15-14-22-9-12-24(15)20(17-3-2-4-18(21)13-17)16-7-10-23(11-8-16)19-5-6-19/h2-4,13,15-16,19-20,22H,5-12,14H2,1H3/t15-,20+/m0/s1. The van der Waals surface area contributed by atoms with Crippen LogP contribution in [-0.2, 0) is 0 Å². The van der Waals surface area contributed by atoms with Crippen LogP contribution in [0.5, 0.6) is 0 Å². The summed E-state index contributed by atoms with van der Waals surface area (Å²) in [7, 11) is 0. The van der Waals surface area contributed by atoms with Gasteiger partial charge in [0.2, 0.25) is 0 Å². The van der Waals surface area contributed by atoms with E-state index >= 15 is 0 Å². The number of benzene rings is 1. The van der Waals surface area contributed by atoms with Crippen LogP contribution in [0.25, 0.3) is 0 Å². The van der Waals surface area contributed by atoms with Gasteiger partial charge in [0.1, 0.15) is 5.82 Å². The molecule has 2 saturated heterocycles. The lowest BCUT2D eigenvalue weighted by atomic mass is 9.83. The van der Waals surface area contributed by atoms with Crippen molar-refractivity contribution in [3.8, 4) is 0 Å². The van der Waals surface area contributed by atoms with Crippen LogP contribution in [0.2, 0.25) is 0 Å². The molecule has 24 heavy (non-hydrogen) atoms. The fourth-order valence-electron chi connectivity index (χ4n) is 4.73. The maximum absolute atomic E-state index is 13.9. The third-order valence-corrected chi connectivity index (χ3v) is 6.18. The highest BCUT2D eigenvalue weighted by Gasteiger charge is 2.38. The third-order valence-electron chi connectivity index (χ3n) is 6.18. The molecule has 0 radical (unpaired) electrons. The van der Waals surface area contributed by atoms with Gasteiger partial charge in [-0.1, -0.05) is 12.1 Å². The minimum absolute atomic E-state index is 0.101. The Morgan fingerprint density at radius 3 is 2.58 bits per heavy atom. The van der Waals surface area contributed by atoms with Crippen molar-refractivity contribution in [1.82, 2.24) is 15.1 Å². The summed E-state index contributed by atoms with van der Waals surface area (Å²) >= 11 is 0. The third kappa shape index (κ3) is 3.51. The number of likely N-dealkylation sites (tertiary alicyclic amines) is 1. The summed E-state index contributed by atoms with van der Waals surface area (Å²) in [4.78, 5) is 5.31. The van der Waals surface area contributed by atoms with E-state index in [0.29, 0.717) is 18.0 Å². The second-order valence-corrected chi connectivity index (χ2v) is 7.90. The second-order valence-electron chi connectivity index (χ2n) is 7.90. The first kappa shape index (κ1) is 16.5. The van der Waals surface area contributed by atoms with Crippen LogP contribution in [0.3, 0.4) is 0 Å². The van der Waals surface area contributed by atoms with E-state index in [1.807, 2.05) is 6.07 Å². The Kier molecular flexibility index (Phi) is 4.88. The van der Waals surface area contributed by atoms with Crippen LogP contribution in [-0.4, -0.2) is 54.6 Å². The van der Waals surface area contributed by atoms with Crippen LogP contribution in [0.15, 0.2) is 24.3 Å². The van der Waals surface area contributed by atoms with Crippen molar-refractivity contribution in [3.63, 3.8) is 0 Å². The van der Waals surface area contributed by atoms with Crippen molar-refractivity contribution in [2.75, 3.05) is 32.7 Å². The van der Waals surface area contributed by atoms with Gasteiger partial charge >= 0.3 is 0 Å². The Labute approximate surface area is 145 Å². The maximum Gasteiger partial charge on any atom is 0.123 e. The minimum Gasteiger partial charge on any atom is -0.314 e. The van der Waals surface area contributed by atoms with E-state index in [0.717, 1.165) is 25.7 Å². The molecule has 2 heterocycles. The van der Waals surface area contributed by atoms with Gasteiger partial charge in [0.15, 0.2) is 0 Å².